The molecular weight excluding hydrogens is 354 g/mol. The van der Waals surface area contributed by atoms with Gasteiger partial charge in [0.25, 0.3) is 0 Å². The van der Waals surface area contributed by atoms with Gasteiger partial charge in [0, 0.05) is 41.4 Å². The zero-order chi connectivity index (χ0) is 19.8. The van der Waals surface area contributed by atoms with Crippen LogP contribution in [-0.2, 0) is 11.3 Å². The van der Waals surface area contributed by atoms with E-state index in [0.717, 1.165) is 46.9 Å². The number of benzene rings is 1. The fourth-order valence-corrected chi connectivity index (χ4v) is 3.98. The second kappa shape index (κ2) is 7.14. The number of nitrogens with zero attached hydrogens (tertiary/aromatic N) is 4. The summed E-state index contributed by atoms with van der Waals surface area (Å²) in [6.45, 7) is 7.09. The molecule has 1 aliphatic heterocycles. The molecule has 1 atom stereocenters. The Labute approximate surface area is 164 Å². The van der Waals surface area contributed by atoms with E-state index in [1.165, 1.54) is 0 Å². The molecule has 0 bridgehead atoms. The van der Waals surface area contributed by atoms with Crippen LogP contribution in [0.5, 0.6) is 5.75 Å². The smallest absolute Gasteiger partial charge is 0.226 e. The van der Waals surface area contributed by atoms with Gasteiger partial charge in [-0.3, -0.25) is 9.48 Å². The lowest BCUT2D eigenvalue weighted by atomic mass is 9.86. The Morgan fingerprint density at radius 1 is 1.21 bits per heavy atom. The molecule has 1 N–H and O–H groups in total. The Bertz CT molecular complexity index is 1020. The number of fused-ring (bicyclic) bond motifs is 1. The molecular formula is C21H25N5O2. The van der Waals surface area contributed by atoms with Gasteiger partial charge in [-0.25, -0.2) is 4.68 Å². The van der Waals surface area contributed by atoms with Crippen molar-refractivity contribution in [2.45, 2.75) is 46.1 Å². The standard InChI is InChI=1S/C21H25N5O2/c1-5-10-25-14(3)20-17(11-19(27)23-21(20)24-25)18-12-22-26(13(18)2)15-6-8-16(28-4)9-7-15/h6-9,12,17H,5,10-11H2,1-4H3,(H,23,24,27)/t17-/m1/s1. The number of amides is 1. The highest BCUT2D eigenvalue weighted by molar-refractivity contribution is 5.94. The third-order valence-electron chi connectivity index (χ3n) is 5.42. The van der Waals surface area contributed by atoms with Crippen molar-refractivity contribution in [3.8, 4) is 11.4 Å². The van der Waals surface area contributed by atoms with E-state index >= 15 is 0 Å². The fraction of sp³-hybridized carbons (Fsp3) is 0.381. The minimum atomic E-state index is -0.0404. The number of aryl methyl sites for hydroxylation is 1. The molecule has 0 saturated heterocycles. The summed E-state index contributed by atoms with van der Waals surface area (Å²) >= 11 is 0. The van der Waals surface area contributed by atoms with Gasteiger partial charge in [-0.2, -0.15) is 10.2 Å². The van der Waals surface area contributed by atoms with E-state index in [2.05, 4.69) is 29.4 Å². The Hall–Kier alpha value is -3.09. The number of anilines is 1. The minimum Gasteiger partial charge on any atom is -0.497 e. The van der Waals surface area contributed by atoms with Gasteiger partial charge in [0.05, 0.1) is 19.0 Å². The number of hydrogen-bond donors (Lipinski definition) is 1. The Balaban J connectivity index is 1.76. The summed E-state index contributed by atoms with van der Waals surface area (Å²) in [6.07, 6.45) is 3.28. The summed E-state index contributed by atoms with van der Waals surface area (Å²) in [5.74, 6) is 1.45. The van der Waals surface area contributed by atoms with E-state index in [1.807, 2.05) is 46.7 Å². The van der Waals surface area contributed by atoms with Crippen LogP contribution in [0.1, 0.15) is 48.2 Å². The highest BCUT2D eigenvalue weighted by Crippen LogP contribution is 2.40. The van der Waals surface area contributed by atoms with Gasteiger partial charge < -0.3 is 10.1 Å². The normalized spacial score (nSPS) is 16.0. The zero-order valence-electron chi connectivity index (χ0n) is 16.7. The summed E-state index contributed by atoms with van der Waals surface area (Å²) < 4.78 is 9.14. The first kappa shape index (κ1) is 18.3. The van der Waals surface area contributed by atoms with Gasteiger partial charge in [0.1, 0.15) is 5.75 Å². The maximum absolute atomic E-state index is 12.3. The van der Waals surface area contributed by atoms with Crippen LogP contribution in [0.25, 0.3) is 5.69 Å². The van der Waals surface area contributed by atoms with Gasteiger partial charge >= 0.3 is 0 Å². The lowest BCUT2D eigenvalue weighted by molar-refractivity contribution is -0.116. The van der Waals surface area contributed by atoms with Crippen LogP contribution in [0.4, 0.5) is 5.82 Å². The third kappa shape index (κ3) is 2.96. The molecule has 7 heteroatoms. The van der Waals surface area contributed by atoms with Crippen molar-refractivity contribution < 1.29 is 9.53 Å². The van der Waals surface area contributed by atoms with Crippen molar-refractivity contribution in [1.82, 2.24) is 19.6 Å². The molecule has 146 valence electrons. The average Bonchev–Trinajstić information content (AvgIpc) is 3.22. The molecule has 7 nitrogen and oxygen atoms in total. The van der Waals surface area contributed by atoms with Crippen molar-refractivity contribution in [2.24, 2.45) is 0 Å². The SMILES string of the molecule is CCCn1nc2c(c1C)[C@@H](c1cnn(-c3ccc(OC)cc3)c1C)CC(=O)N2. The minimum absolute atomic E-state index is 0.00440. The van der Waals surface area contributed by atoms with Crippen LogP contribution in [0.15, 0.2) is 30.5 Å². The number of nitrogens with one attached hydrogen (secondary N) is 1. The summed E-state index contributed by atoms with van der Waals surface area (Å²) in [4.78, 5) is 12.3. The molecule has 1 aromatic carbocycles. The van der Waals surface area contributed by atoms with Crippen molar-refractivity contribution in [1.29, 1.82) is 0 Å². The largest absolute Gasteiger partial charge is 0.497 e. The molecule has 2 aromatic heterocycles. The number of carbonyl (C=O) groups is 1. The van der Waals surface area contributed by atoms with Crippen LogP contribution >= 0.6 is 0 Å². The molecule has 0 unspecified atom stereocenters. The monoisotopic (exact) mass is 379 g/mol. The summed E-state index contributed by atoms with van der Waals surface area (Å²) in [6, 6.07) is 7.79. The van der Waals surface area contributed by atoms with Crippen LogP contribution in [0, 0.1) is 13.8 Å². The number of aromatic nitrogens is 4. The van der Waals surface area contributed by atoms with Crippen molar-refractivity contribution >= 4 is 11.7 Å². The number of ether oxygens (including phenoxy) is 1. The van der Waals surface area contributed by atoms with Crippen molar-refractivity contribution in [2.75, 3.05) is 12.4 Å². The second-order valence-corrected chi connectivity index (χ2v) is 7.17. The fourth-order valence-electron chi connectivity index (χ4n) is 3.98. The van der Waals surface area contributed by atoms with E-state index in [4.69, 9.17) is 4.74 Å². The maximum Gasteiger partial charge on any atom is 0.226 e. The van der Waals surface area contributed by atoms with Crippen LogP contribution in [-0.4, -0.2) is 32.6 Å². The van der Waals surface area contributed by atoms with E-state index < -0.39 is 0 Å². The molecule has 0 radical (unpaired) electrons. The molecule has 3 heterocycles. The van der Waals surface area contributed by atoms with Crippen LogP contribution < -0.4 is 10.1 Å². The van der Waals surface area contributed by atoms with Gasteiger partial charge in [-0.15, -0.1) is 0 Å². The lowest BCUT2D eigenvalue weighted by Crippen LogP contribution is -2.23. The molecule has 1 aliphatic rings. The predicted molar refractivity (Wildman–Crippen MR) is 107 cm³/mol. The Kier molecular flexibility index (Phi) is 4.66. The predicted octanol–water partition coefficient (Wildman–Crippen LogP) is 3.58. The summed E-state index contributed by atoms with van der Waals surface area (Å²) in [5.41, 5.74) is 5.26. The second-order valence-electron chi connectivity index (χ2n) is 7.17. The van der Waals surface area contributed by atoms with Gasteiger partial charge in [-0.1, -0.05) is 6.92 Å². The quantitative estimate of drug-likeness (QED) is 0.735. The summed E-state index contributed by atoms with van der Waals surface area (Å²) in [5, 5.41) is 12.2. The van der Waals surface area contributed by atoms with Gasteiger partial charge in [-0.05, 0) is 44.5 Å². The topological polar surface area (TPSA) is 74.0 Å². The first-order chi connectivity index (χ1) is 13.5. The van der Waals surface area contributed by atoms with Gasteiger partial charge in [0.2, 0.25) is 5.91 Å². The van der Waals surface area contributed by atoms with E-state index in [-0.39, 0.29) is 11.8 Å². The number of methoxy groups -OCH3 is 1. The molecule has 1 amide bonds. The average molecular weight is 379 g/mol. The molecule has 4 rings (SSSR count). The molecule has 28 heavy (non-hydrogen) atoms. The summed E-state index contributed by atoms with van der Waals surface area (Å²) in [7, 11) is 1.65. The Morgan fingerprint density at radius 2 is 1.96 bits per heavy atom. The van der Waals surface area contributed by atoms with Gasteiger partial charge in [0.15, 0.2) is 5.82 Å². The highest BCUT2D eigenvalue weighted by Gasteiger charge is 2.33. The highest BCUT2D eigenvalue weighted by atomic mass is 16.5. The van der Waals surface area contributed by atoms with Crippen molar-refractivity contribution in [3.63, 3.8) is 0 Å². The van der Waals surface area contributed by atoms with Crippen LogP contribution in [0.2, 0.25) is 0 Å². The number of hydrogen-bond acceptors (Lipinski definition) is 4. The lowest BCUT2D eigenvalue weighted by Gasteiger charge is -2.22. The van der Waals surface area contributed by atoms with E-state index in [9.17, 15) is 4.79 Å². The van der Waals surface area contributed by atoms with Crippen LogP contribution in [0.3, 0.4) is 0 Å². The first-order valence-corrected chi connectivity index (χ1v) is 9.59. The first-order valence-electron chi connectivity index (χ1n) is 9.59. The molecule has 3 aromatic rings. The number of rotatable bonds is 5. The third-order valence-corrected chi connectivity index (χ3v) is 5.42. The van der Waals surface area contributed by atoms with E-state index in [0.29, 0.717) is 12.2 Å². The number of carbonyl (C=O) groups excluding carboxylic acids is 1. The maximum atomic E-state index is 12.3. The molecule has 0 saturated carbocycles. The molecule has 0 fully saturated rings. The zero-order valence-corrected chi connectivity index (χ0v) is 16.7. The molecule has 0 spiro atoms. The Morgan fingerprint density at radius 3 is 2.64 bits per heavy atom. The van der Waals surface area contributed by atoms with Crippen molar-refractivity contribution in [3.05, 3.63) is 53.0 Å². The molecule has 0 aliphatic carbocycles. The van der Waals surface area contributed by atoms with E-state index in [1.54, 1.807) is 7.11 Å².